The van der Waals surface area contributed by atoms with Crippen LogP contribution < -0.4 is 22.2 Å². The van der Waals surface area contributed by atoms with Crippen LogP contribution in [0, 0.1) is 0 Å². The van der Waals surface area contributed by atoms with E-state index >= 15 is 0 Å². The number of rotatable bonds is 6. The fraction of sp³-hybridized carbons (Fsp3) is 0.0870. The number of nitrogens with zero attached hydrogens (tertiary/aromatic N) is 8. The number of carboxylic acid groups (broad SMARTS) is 1. The molecule has 11 rings (SSSR count). The molecule has 18 nitrogen and oxygen atoms in total. The number of imidazole rings is 2. The van der Waals surface area contributed by atoms with E-state index in [1.165, 1.54) is 10.8 Å². The molecule has 66 heavy (non-hydrogen) atoms. The molecule has 0 spiro atoms. The molecule has 1 amide bonds. The number of carbonyl (C=O) groups is 4. The highest BCUT2D eigenvalue weighted by Crippen LogP contribution is 2.29. The summed E-state index contributed by atoms with van der Waals surface area (Å²) in [6, 6.07) is 28.4. The molecule has 9 heterocycles. The van der Waals surface area contributed by atoms with Gasteiger partial charge in [-0.25, -0.2) is 19.9 Å². The molecule has 2 aromatic carbocycles. The first-order valence-electron chi connectivity index (χ1n) is 20.0. The van der Waals surface area contributed by atoms with Gasteiger partial charge in [-0.15, -0.1) is 0 Å². The minimum Gasteiger partial charge on any atom is -0.481 e. The van der Waals surface area contributed by atoms with Gasteiger partial charge >= 0.3 is 17.9 Å². The fourth-order valence-corrected chi connectivity index (χ4v) is 7.71. The van der Waals surface area contributed by atoms with Crippen LogP contribution in [-0.4, -0.2) is 66.8 Å². The van der Waals surface area contributed by atoms with Crippen LogP contribution in [0.2, 0.25) is 10.3 Å². The Balaban J connectivity index is 0.000000147. The van der Waals surface area contributed by atoms with E-state index in [1.54, 1.807) is 88.2 Å². The van der Waals surface area contributed by atoms with E-state index in [1.807, 2.05) is 40.8 Å². The number of pyridine rings is 6. The number of fused-ring (bicyclic) bond motifs is 10. The van der Waals surface area contributed by atoms with Gasteiger partial charge in [0, 0.05) is 46.0 Å². The van der Waals surface area contributed by atoms with Crippen LogP contribution in [0.5, 0.6) is 0 Å². The summed E-state index contributed by atoms with van der Waals surface area (Å²) >= 11 is 11.9. The van der Waals surface area contributed by atoms with Gasteiger partial charge < -0.3 is 20.9 Å². The van der Waals surface area contributed by atoms with E-state index in [4.69, 9.17) is 44.0 Å². The van der Waals surface area contributed by atoms with Crippen LogP contribution >= 0.6 is 23.2 Å². The van der Waals surface area contributed by atoms with Crippen LogP contribution in [0.4, 0.5) is 11.4 Å². The number of esters is 2. The normalized spacial score (nSPS) is 12.3. The number of carboxylic acids is 1. The number of hydrogen-bond donors (Lipinski definition) is 3. The molecular weight excluding hydrogens is 891 g/mol. The van der Waals surface area contributed by atoms with Crippen molar-refractivity contribution in [2.24, 2.45) is 0 Å². The van der Waals surface area contributed by atoms with Gasteiger partial charge in [0.2, 0.25) is 5.91 Å². The molecule has 328 valence electrons. The topological polar surface area (TPSA) is 240 Å². The Kier molecular flexibility index (Phi) is 11.4. The lowest BCUT2D eigenvalue weighted by Crippen LogP contribution is -2.20. The summed E-state index contributed by atoms with van der Waals surface area (Å²) in [5, 5.41) is 14.7. The predicted molar refractivity (Wildman–Crippen MR) is 247 cm³/mol. The predicted octanol–water partition coefficient (Wildman–Crippen LogP) is 6.92. The van der Waals surface area contributed by atoms with E-state index in [2.05, 4.69) is 20.0 Å². The summed E-state index contributed by atoms with van der Waals surface area (Å²) in [7, 11) is 0. The Morgan fingerprint density at radius 3 is 1.58 bits per heavy atom. The number of ether oxygens (including phenoxy) is 1. The molecule has 4 N–H and O–H groups in total. The van der Waals surface area contributed by atoms with E-state index < -0.39 is 23.8 Å². The molecule has 10 aromatic rings. The fourth-order valence-electron chi connectivity index (χ4n) is 7.49. The van der Waals surface area contributed by atoms with Crippen LogP contribution in [0.25, 0.3) is 66.5 Å². The van der Waals surface area contributed by atoms with Crippen LogP contribution in [0.15, 0.2) is 131 Å². The van der Waals surface area contributed by atoms with Crippen molar-refractivity contribution in [1.82, 2.24) is 37.9 Å². The summed E-state index contributed by atoms with van der Waals surface area (Å²) in [5.74, 6) is -2.27. The van der Waals surface area contributed by atoms with Crippen molar-refractivity contribution < 1.29 is 29.0 Å². The highest BCUT2D eigenvalue weighted by molar-refractivity contribution is 6.29. The van der Waals surface area contributed by atoms with Crippen molar-refractivity contribution in [2.75, 3.05) is 11.1 Å². The van der Waals surface area contributed by atoms with Gasteiger partial charge in [-0.1, -0.05) is 59.6 Å². The second-order valence-corrected chi connectivity index (χ2v) is 15.5. The number of cyclic esters (lactones) is 2. The van der Waals surface area contributed by atoms with Crippen molar-refractivity contribution in [2.45, 2.75) is 25.7 Å². The third-order valence-corrected chi connectivity index (χ3v) is 10.9. The number of hydrogen-bond acceptors (Lipinski definition) is 12. The quantitative estimate of drug-likeness (QED) is 0.0873. The molecule has 0 aliphatic carbocycles. The van der Waals surface area contributed by atoms with Gasteiger partial charge in [-0.2, -0.15) is 0 Å². The number of halogens is 2. The molecule has 0 unspecified atom stereocenters. The van der Waals surface area contributed by atoms with Gasteiger partial charge in [0.05, 0.1) is 48.7 Å². The molecule has 0 radical (unpaired) electrons. The largest absolute Gasteiger partial charge is 0.481 e. The zero-order chi connectivity index (χ0) is 46.2. The molecule has 1 saturated heterocycles. The Morgan fingerprint density at radius 2 is 1.12 bits per heavy atom. The minimum absolute atomic E-state index is 0.149. The second kappa shape index (κ2) is 17.6. The first-order chi connectivity index (χ1) is 31.8. The van der Waals surface area contributed by atoms with Crippen LogP contribution in [-0.2, 0) is 23.9 Å². The number of aliphatic carboxylic acids is 1. The Morgan fingerprint density at radius 1 is 0.636 bits per heavy atom. The summed E-state index contributed by atoms with van der Waals surface area (Å²) < 4.78 is 10.7. The maximum atomic E-state index is 13.5. The second-order valence-electron chi connectivity index (χ2n) is 14.7. The van der Waals surface area contributed by atoms with Gasteiger partial charge in [-0.05, 0) is 60.7 Å². The average Bonchev–Trinajstić information content (AvgIpc) is 4.01. The zero-order valence-electron chi connectivity index (χ0n) is 34.1. The number of nitrogens with two attached hydrogens (primary N) is 1. The van der Waals surface area contributed by atoms with Crippen molar-refractivity contribution in [1.29, 1.82) is 0 Å². The number of amides is 1. The highest BCUT2D eigenvalue weighted by Gasteiger charge is 2.21. The smallest absolute Gasteiger partial charge is 0.314 e. The average molecular weight is 924 g/mol. The third kappa shape index (κ3) is 8.24. The number of nitrogen functional groups attached to an aromatic ring is 1. The number of anilines is 2. The monoisotopic (exact) mass is 922 g/mol. The lowest BCUT2D eigenvalue weighted by atomic mass is 10.1. The standard InChI is InChI=1S/C23H16ClN5O4.C19H12ClN5O.C4H4O3/c24-17-7-6-14(11-25-17)29-22-21(15-3-1-2-4-16(15)23(29)33)27-18-8-5-13(12-28(18)22)26-19(30)9-10-20(31)32;20-15-7-6-12(9-22-15)25-18-17(13-3-1-2-4-14(13)19(25)26)23-16-8-5-11(21)10-24(16)18;5-3-1-2-4(6)7-3/h1-8,11-12H,9-10H2,(H,26,30)(H,31,32);1-10H,21H2;1-2H2. The van der Waals surface area contributed by atoms with E-state index in [-0.39, 0.29) is 36.8 Å². The van der Waals surface area contributed by atoms with Gasteiger partial charge in [0.15, 0.2) is 11.3 Å². The van der Waals surface area contributed by atoms with Crippen LogP contribution in [0.3, 0.4) is 0 Å². The van der Waals surface area contributed by atoms with Crippen molar-refractivity contribution in [3.05, 3.63) is 153 Å². The van der Waals surface area contributed by atoms with Crippen molar-refractivity contribution in [3.8, 4) is 11.4 Å². The Hall–Kier alpha value is -8.48. The molecule has 1 fully saturated rings. The summed E-state index contributed by atoms with van der Waals surface area (Å²) in [6.45, 7) is 0. The lowest BCUT2D eigenvalue weighted by molar-refractivity contribution is -0.152. The molecule has 0 atom stereocenters. The number of benzene rings is 2. The maximum Gasteiger partial charge on any atom is 0.314 e. The van der Waals surface area contributed by atoms with Gasteiger partial charge in [0.1, 0.15) is 32.6 Å². The molecule has 1 aliphatic heterocycles. The summed E-state index contributed by atoms with van der Waals surface area (Å²) in [6.07, 6.45) is 6.60. The molecule has 8 aromatic heterocycles. The van der Waals surface area contributed by atoms with E-state index in [0.717, 1.165) is 10.9 Å². The SMILES string of the molecule is Nc1ccc2nc3c4ccccc4c(=O)n(-c4ccc(Cl)nc4)c3n2c1.O=C(O)CCC(=O)Nc1ccc2nc3c4ccccc4c(=O)n(-c4ccc(Cl)nc4)c3n2c1.O=C1CCC(=O)O1. The minimum atomic E-state index is -1.05. The molecule has 20 heteroatoms. The van der Waals surface area contributed by atoms with E-state index in [0.29, 0.717) is 77.3 Å². The first-order valence-corrected chi connectivity index (χ1v) is 20.8. The van der Waals surface area contributed by atoms with Crippen LogP contribution in [0.1, 0.15) is 25.7 Å². The highest BCUT2D eigenvalue weighted by atomic mass is 35.5. The molecular formula is C46H32Cl2N10O8. The first kappa shape index (κ1) is 42.8. The molecule has 1 aliphatic rings. The molecule has 0 bridgehead atoms. The number of aromatic nitrogens is 8. The Labute approximate surface area is 380 Å². The zero-order valence-corrected chi connectivity index (χ0v) is 35.6. The summed E-state index contributed by atoms with van der Waals surface area (Å²) in [4.78, 5) is 87.4. The third-order valence-electron chi connectivity index (χ3n) is 10.4. The van der Waals surface area contributed by atoms with E-state index in [9.17, 15) is 28.8 Å². The summed E-state index contributed by atoms with van der Waals surface area (Å²) in [5.41, 5.74) is 11.5. The van der Waals surface area contributed by atoms with Gasteiger partial charge in [-0.3, -0.25) is 46.7 Å². The molecule has 0 saturated carbocycles. The lowest BCUT2D eigenvalue weighted by Gasteiger charge is -2.11. The van der Waals surface area contributed by atoms with Crippen molar-refractivity contribution in [3.63, 3.8) is 0 Å². The number of nitrogens with one attached hydrogen (secondary N) is 1. The Bertz CT molecular complexity index is 3720. The number of carbonyl (C=O) groups excluding carboxylic acids is 3. The maximum absolute atomic E-state index is 13.5. The van der Waals surface area contributed by atoms with Gasteiger partial charge in [0.25, 0.3) is 11.1 Å². The van der Waals surface area contributed by atoms with Crippen molar-refractivity contribution >= 4 is 114 Å².